The second-order valence-electron chi connectivity index (χ2n) is 4.64. The average Bonchev–Trinajstić information content (AvgIpc) is 3.17. The van der Waals surface area contributed by atoms with E-state index in [1.165, 1.54) is 12.3 Å². The van der Waals surface area contributed by atoms with Gasteiger partial charge in [0.25, 0.3) is 0 Å². The summed E-state index contributed by atoms with van der Waals surface area (Å²) in [6, 6.07) is 1.65. The van der Waals surface area contributed by atoms with Crippen molar-refractivity contribution in [2.24, 2.45) is 0 Å². The molecule has 1 aliphatic carbocycles. The lowest BCUT2D eigenvalue weighted by Crippen LogP contribution is -2.34. The first kappa shape index (κ1) is 15.2. The topological polar surface area (TPSA) is 50.3 Å². The highest BCUT2D eigenvalue weighted by atomic mass is 79.9. The number of sulfonamides is 1. The van der Waals surface area contributed by atoms with Gasteiger partial charge in [-0.3, -0.25) is 0 Å². The van der Waals surface area contributed by atoms with E-state index in [0.29, 0.717) is 11.0 Å². The zero-order valence-electron chi connectivity index (χ0n) is 10.6. The zero-order valence-corrected chi connectivity index (χ0v) is 13.8. The largest absolute Gasteiger partial charge is 0.246 e. The molecule has 1 fully saturated rings. The van der Waals surface area contributed by atoms with Crippen LogP contribution < -0.4 is 0 Å². The molecule has 0 amide bonds. The number of hydrogen-bond donors (Lipinski definition) is 0. The molecule has 0 saturated heterocycles. The van der Waals surface area contributed by atoms with Crippen molar-refractivity contribution in [3.63, 3.8) is 0 Å². The minimum atomic E-state index is -3.55. The summed E-state index contributed by atoms with van der Waals surface area (Å²) in [5, 5.41) is 0.0327. The summed E-state index contributed by atoms with van der Waals surface area (Å²) in [4.78, 5) is 3.99. The fourth-order valence-corrected chi connectivity index (χ4v) is 4.53. The van der Waals surface area contributed by atoms with E-state index in [1.54, 1.807) is 4.31 Å². The fraction of sp³-hybridized carbons (Fsp3) is 0.583. The normalized spacial score (nSPS) is 16.0. The van der Waals surface area contributed by atoms with Crippen molar-refractivity contribution in [3.8, 4) is 0 Å². The predicted molar refractivity (Wildman–Crippen MR) is 78.8 cm³/mol. The summed E-state index contributed by atoms with van der Waals surface area (Å²) in [7, 11) is -3.55. The molecule has 19 heavy (non-hydrogen) atoms. The van der Waals surface area contributed by atoms with E-state index < -0.39 is 10.0 Å². The first-order valence-electron chi connectivity index (χ1n) is 6.29. The van der Waals surface area contributed by atoms with Crippen LogP contribution in [0.3, 0.4) is 0 Å². The van der Waals surface area contributed by atoms with Crippen LogP contribution in [-0.4, -0.2) is 30.3 Å². The zero-order chi connectivity index (χ0) is 14.0. The maximum absolute atomic E-state index is 12.7. The second kappa shape index (κ2) is 6.08. The van der Waals surface area contributed by atoms with E-state index in [1.807, 2.05) is 6.92 Å². The molecule has 1 heterocycles. The molecule has 1 aromatic heterocycles. The van der Waals surface area contributed by atoms with Crippen molar-refractivity contribution >= 4 is 37.6 Å². The van der Waals surface area contributed by atoms with Crippen molar-refractivity contribution in [2.75, 3.05) is 6.54 Å². The molecule has 0 atom stereocenters. The van der Waals surface area contributed by atoms with Crippen molar-refractivity contribution in [2.45, 2.75) is 43.5 Å². The smallest absolute Gasteiger partial charge is 0.242 e. The molecule has 0 unspecified atom stereocenters. The minimum absolute atomic E-state index is 0.0327. The van der Waals surface area contributed by atoms with E-state index in [9.17, 15) is 8.42 Å². The quantitative estimate of drug-likeness (QED) is 0.724. The van der Waals surface area contributed by atoms with Gasteiger partial charge < -0.3 is 0 Å². The highest BCUT2D eigenvalue weighted by molar-refractivity contribution is 9.10. The Bertz CT molecular complexity index is 561. The summed E-state index contributed by atoms with van der Waals surface area (Å²) in [5.41, 5.74) is 0. The molecule has 4 nitrogen and oxygen atoms in total. The lowest BCUT2D eigenvalue weighted by Gasteiger charge is -2.22. The molecule has 0 aliphatic heterocycles. The number of pyridine rings is 1. The van der Waals surface area contributed by atoms with E-state index in [-0.39, 0.29) is 16.1 Å². The lowest BCUT2D eigenvalue weighted by molar-refractivity contribution is 0.395. The molecule has 1 saturated carbocycles. The van der Waals surface area contributed by atoms with Gasteiger partial charge in [-0.1, -0.05) is 24.9 Å². The van der Waals surface area contributed by atoms with Crippen molar-refractivity contribution in [1.82, 2.24) is 9.29 Å². The molecule has 0 radical (unpaired) electrons. The number of hydrogen-bond acceptors (Lipinski definition) is 3. The van der Waals surface area contributed by atoms with Crippen LogP contribution in [0, 0.1) is 0 Å². The number of unbranched alkanes of at least 4 members (excludes halogenated alkanes) is 1. The van der Waals surface area contributed by atoms with Gasteiger partial charge in [-0.05, 0) is 41.3 Å². The molecule has 1 aromatic rings. The third kappa shape index (κ3) is 3.48. The Morgan fingerprint density at radius 2 is 2.21 bits per heavy atom. The average molecular weight is 368 g/mol. The predicted octanol–water partition coefficient (Wildman–Crippen LogP) is 3.45. The van der Waals surface area contributed by atoms with Crippen molar-refractivity contribution in [3.05, 3.63) is 21.9 Å². The second-order valence-corrected chi connectivity index (χ2v) is 7.78. The van der Waals surface area contributed by atoms with Crippen LogP contribution in [-0.2, 0) is 10.0 Å². The molecule has 0 spiro atoms. The van der Waals surface area contributed by atoms with Gasteiger partial charge in [0.2, 0.25) is 10.0 Å². The number of aromatic nitrogens is 1. The number of rotatable bonds is 6. The Labute approximate surface area is 127 Å². The van der Waals surface area contributed by atoms with E-state index in [0.717, 1.165) is 25.7 Å². The fourth-order valence-electron chi connectivity index (χ4n) is 1.89. The van der Waals surface area contributed by atoms with Gasteiger partial charge in [0.1, 0.15) is 10.0 Å². The maximum atomic E-state index is 12.7. The molecule has 1 aliphatic rings. The summed E-state index contributed by atoms with van der Waals surface area (Å²) in [6.07, 6.45) is 5.18. The number of nitrogens with zero attached hydrogens (tertiary/aromatic N) is 2. The third-order valence-corrected chi connectivity index (χ3v) is 5.86. The summed E-state index contributed by atoms with van der Waals surface area (Å²) >= 11 is 9.19. The highest BCUT2D eigenvalue weighted by Gasteiger charge is 2.38. The van der Waals surface area contributed by atoms with Crippen LogP contribution in [0.1, 0.15) is 32.6 Å². The summed E-state index contributed by atoms with van der Waals surface area (Å²) in [6.45, 7) is 2.59. The Balaban J connectivity index is 2.35. The number of halogens is 2. The Kier molecular flexibility index (Phi) is 4.87. The summed E-state index contributed by atoms with van der Waals surface area (Å²) in [5.74, 6) is 0. The molecule has 0 bridgehead atoms. The Morgan fingerprint density at radius 1 is 1.53 bits per heavy atom. The van der Waals surface area contributed by atoms with Gasteiger partial charge in [-0.25, -0.2) is 13.4 Å². The van der Waals surface area contributed by atoms with Crippen LogP contribution in [0.15, 0.2) is 21.6 Å². The van der Waals surface area contributed by atoms with Gasteiger partial charge in [-0.15, -0.1) is 0 Å². The molecule has 0 N–H and O–H groups in total. The SMILES string of the molecule is CCCCN(C1CC1)S(=O)(=O)c1cc(Br)cnc1Cl. The lowest BCUT2D eigenvalue weighted by atomic mass is 10.3. The van der Waals surface area contributed by atoms with Gasteiger partial charge in [0, 0.05) is 23.3 Å². The van der Waals surface area contributed by atoms with Crippen LogP contribution >= 0.6 is 27.5 Å². The highest BCUT2D eigenvalue weighted by Crippen LogP contribution is 2.34. The van der Waals surface area contributed by atoms with Crippen molar-refractivity contribution in [1.29, 1.82) is 0 Å². The molecule has 2 rings (SSSR count). The first-order chi connectivity index (χ1) is 8.96. The van der Waals surface area contributed by atoms with Gasteiger partial charge >= 0.3 is 0 Å². The van der Waals surface area contributed by atoms with Crippen LogP contribution in [0.2, 0.25) is 5.15 Å². The maximum Gasteiger partial charge on any atom is 0.246 e. The molecular weight excluding hydrogens is 352 g/mol. The third-order valence-electron chi connectivity index (χ3n) is 3.05. The minimum Gasteiger partial charge on any atom is -0.242 e. The monoisotopic (exact) mass is 366 g/mol. The van der Waals surface area contributed by atoms with E-state index in [4.69, 9.17) is 11.6 Å². The van der Waals surface area contributed by atoms with Crippen molar-refractivity contribution < 1.29 is 8.42 Å². The molecule has 106 valence electrons. The van der Waals surface area contributed by atoms with Gasteiger partial charge in [0.05, 0.1) is 0 Å². The molecule has 0 aromatic carbocycles. The first-order valence-corrected chi connectivity index (χ1v) is 8.90. The standard InChI is InChI=1S/C12H16BrClN2O2S/c1-2-3-6-16(10-4-5-10)19(17,18)11-7-9(13)8-15-12(11)14/h7-8,10H,2-6H2,1H3. The summed E-state index contributed by atoms with van der Waals surface area (Å²) < 4.78 is 27.5. The van der Waals surface area contributed by atoms with E-state index >= 15 is 0 Å². The van der Waals surface area contributed by atoms with Crippen LogP contribution in [0.25, 0.3) is 0 Å². The van der Waals surface area contributed by atoms with Crippen LogP contribution in [0.5, 0.6) is 0 Å². The van der Waals surface area contributed by atoms with Gasteiger partial charge in [0.15, 0.2) is 0 Å². The van der Waals surface area contributed by atoms with Crippen LogP contribution in [0.4, 0.5) is 0 Å². The Morgan fingerprint density at radius 3 is 2.79 bits per heavy atom. The van der Waals surface area contributed by atoms with Gasteiger partial charge in [-0.2, -0.15) is 4.31 Å². The van der Waals surface area contributed by atoms with E-state index in [2.05, 4.69) is 20.9 Å². The molecule has 7 heteroatoms. The Hall–Kier alpha value is -0.170. The molecular formula is C12H16BrClN2O2S.